The number of halogens is 3. The lowest BCUT2D eigenvalue weighted by Crippen LogP contribution is -2.38. The molecule has 2 heterocycles. The molecule has 0 bridgehead atoms. The molecule has 2 aromatic rings. The monoisotopic (exact) mass is 490 g/mol. The predicted molar refractivity (Wildman–Crippen MR) is 117 cm³/mol. The predicted octanol–water partition coefficient (Wildman–Crippen LogP) is 4.22. The van der Waals surface area contributed by atoms with Gasteiger partial charge < -0.3 is 14.8 Å². The summed E-state index contributed by atoms with van der Waals surface area (Å²) >= 11 is 18.6. The van der Waals surface area contributed by atoms with Gasteiger partial charge in [-0.2, -0.15) is 0 Å². The second kappa shape index (κ2) is 8.43. The van der Waals surface area contributed by atoms with Crippen molar-refractivity contribution < 1.29 is 22.7 Å². The number of anilines is 2. The normalized spacial score (nSPS) is 18.2. The third kappa shape index (κ3) is 4.48. The summed E-state index contributed by atoms with van der Waals surface area (Å²) in [5.74, 6) is -0.0146. The summed E-state index contributed by atoms with van der Waals surface area (Å²) in [7, 11) is -3.44. The Morgan fingerprint density at radius 3 is 2.53 bits per heavy atom. The Morgan fingerprint density at radius 2 is 1.90 bits per heavy atom. The largest absolute Gasteiger partial charge is 0.485 e. The fraction of sp³-hybridized carbons (Fsp3) is 0.316. The van der Waals surface area contributed by atoms with E-state index in [9.17, 15) is 13.2 Å². The SMILES string of the molecule is O=C(Nc1cc(Cl)cc(OC2COC2)c1)c1cc(N2CCCS2(=O)=O)cc(Cl)c1Cl. The summed E-state index contributed by atoms with van der Waals surface area (Å²) in [6, 6.07) is 7.69. The maximum atomic E-state index is 12.9. The number of hydrogen-bond acceptors (Lipinski definition) is 5. The molecule has 4 rings (SSSR count). The van der Waals surface area contributed by atoms with Crippen molar-refractivity contribution in [1.29, 1.82) is 0 Å². The number of hydrogen-bond donors (Lipinski definition) is 1. The topological polar surface area (TPSA) is 84.9 Å². The van der Waals surface area contributed by atoms with Gasteiger partial charge in [0, 0.05) is 23.3 Å². The number of ether oxygens (including phenoxy) is 2. The zero-order chi connectivity index (χ0) is 21.5. The van der Waals surface area contributed by atoms with Crippen LogP contribution in [0.2, 0.25) is 15.1 Å². The first kappa shape index (κ1) is 21.5. The van der Waals surface area contributed by atoms with Crippen molar-refractivity contribution in [3.05, 3.63) is 51.0 Å². The van der Waals surface area contributed by atoms with E-state index in [2.05, 4.69) is 5.32 Å². The van der Waals surface area contributed by atoms with Crippen molar-refractivity contribution in [2.24, 2.45) is 0 Å². The van der Waals surface area contributed by atoms with E-state index in [4.69, 9.17) is 44.3 Å². The molecular formula is C19H17Cl3N2O5S. The summed E-state index contributed by atoms with van der Waals surface area (Å²) in [5.41, 5.74) is 0.748. The average Bonchev–Trinajstić information content (AvgIpc) is 2.99. The molecule has 2 aliphatic rings. The molecule has 1 amide bonds. The van der Waals surface area contributed by atoms with Crippen LogP contribution in [0.25, 0.3) is 0 Å². The van der Waals surface area contributed by atoms with Crippen LogP contribution in [0, 0.1) is 0 Å². The summed E-state index contributed by atoms with van der Waals surface area (Å²) < 4.78 is 36.5. The number of nitrogens with zero attached hydrogens (tertiary/aromatic N) is 1. The first-order chi connectivity index (χ1) is 14.2. The second-order valence-corrected chi connectivity index (χ2v) is 10.2. The van der Waals surface area contributed by atoms with Crippen LogP contribution < -0.4 is 14.4 Å². The van der Waals surface area contributed by atoms with Gasteiger partial charge in [-0.3, -0.25) is 9.10 Å². The van der Waals surface area contributed by atoms with Crippen molar-refractivity contribution in [1.82, 2.24) is 0 Å². The average molecular weight is 492 g/mol. The number of carbonyl (C=O) groups is 1. The van der Waals surface area contributed by atoms with Crippen molar-refractivity contribution >= 4 is 62.1 Å². The molecule has 0 unspecified atom stereocenters. The van der Waals surface area contributed by atoms with Gasteiger partial charge in [-0.15, -0.1) is 0 Å². The van der Waals surface area contributed by atoms with Crippen molar-refractivity contribution in [3.8, 4) is 5.75 Å². The van der Waals surface area contributed by atoms with Crippen LogP contribution in [0.1, 0.15) is 16.8 Å². The molecule has 30 heavy (non-hydrogen) atoms. The van der Waals surface area contributed by atoms with Crippen molar-refractivity contribution in [2.75, 3.05) is 35.1 Å². The van der Waals surface area contributed by atoms with Gasteiger partial charge in [-0.1, -0.05) is 34.8 Å². The third-order valence-electron chi connectivity index (χ3n) is 4.68. The first-order valence-electron chi connectivity index (χ1n) is 9.09. The van der Waals surface area contributed by atoms with Crippen LogP contribution in [0.15, 0.2) is 30.3 Å². The molecular weight excluding hydrogens is 475 g/mol. The van der Waals surface area contributed by atoms with Crippen LogP contribution in [0.4, 0.5) is 11.4 Å². The highest BCUT2D eigenvalue weighted by Gasteiger charge is 2.30. The van der Waals surface area contributed by atoms with E-state index in [0.717, 1.165) is 0 Å². The number of amides is 1. The Hall–Kier alpha value is -1.71. The molecule has 2 aliphatic heterocycles. The quantitative estimate of drug-likeness (QED) is 0.677. The van der Waals surface area contributed by atoms with E-state index >= 15 is 0 Å². The van der Waals surface area contributed by atoms with E-state index in [1.807, 2.05) is 0 Å². The number of sulfonamides is 1. The van der Waals surface area contributed by atoms with Crippen LogP contribution in [0.5, 0.6) is 5.75 Å². The molecule has 2 fully saturated rings. The highest BCUT2D eigenvalue weighted by Crippen LogP contribution is 2.35. The minimum atomic E-state index is -3.44. The third-order valence-corrected chi connectivity index (χ3v) is 7.57. The van der Waals surface area contributed by atoms with E-state index in [-0.39, 0.29) is 27.5 Å². The Labute approximate surface area is 188 Å². The van der Waals surface area contributed by atoms with E-state index in [1.54, 1.807) is 18.2 Å². The minimum Gasteiger partial charge on any atom is -0.485 e. The number of nitrogens with one attached hydrogen (secondary N) is 1. The van der Waals surface area contributed by atoms with Crippen LogP contribution >= 0.6 is 34.8 Å². The number of rotatable bonds is 5. The van der Waals surface area contributed by atoms with Gasteiger partial charge in [-0.05, 0) is 30.7 Å². The fourth-order valence-corrected chi connectivity index (χ4v) is 5.37. The number of benzene rings is 2. The summed E-state index contributed by atoms with van der Waals surface area (Å²) in [5, 5.41) is 3.20. The van der Waals surface area contributed by atoms with Gasteiger partial charge in [-0.25, -0.2) is 8.42 Å². The lowest BCUT2D eigenvalue weighted by Gasteiger charge is -2.27. The highest BCUT2D eigenvalue weighted by atomic mass is 35.5. The molecule has 0 atom stereocenters. The molecule has 0 aliphatic carbocycles. The molecule has 1 N–H and O–H groups in total. The minimum absolute atomic E-state index is 0.0274. The molecule has 160 valence electrons. The van der Waals surface area contributed by atoms with E-state index in [0.29, 0.717) is 48.3 Å². The second-order valence-electron chi connectivity index (χ2n) is 6.94. The van der Waals surface area contributed by atoms with E-state index in [1.165, 1.54) is 16.4 Å². The Kier molecular flexibility index (Phi) is 6.05. The Morgan fingerprint density at radius 1 is 1.13 bits per heavy atom. The lowest BCUT2D eigenvalue weighted by molar-refractivity contribution is -0.0796. The number of carbonyl (C=O) groups excluding carboxylic acids is 1. The highest BCUT2D eigenvalue weighted by molar-refractivity contribution is 7.93. The van der Waals surface area contributed by atoms with Gasteiger partial charge >= 0.3 is 0 Å². The Bertz CT molecular complexity index is 1110. The maximum absolute atomic E-state index is 12.9. The van der Waals surface area contributed by atoms with Gasteiger partial charge in [0.25, 0.3) is 5.91 Å². The maximum Gasteiger partial charge on any atom is 0.257 e. The molecule has 2 saturated heterocycles. The molecule has 0 saturated carbocycles. The molecule has 11 heteroatoms. The van der Waals surface area contributed by atoms with E-state index < -0.39 is 15.9 Å². The molecule has 7 nitrogen and oxygen atoms in total. The zero-order valence-corrected chi connectivity index (χ0v) is 18.6. The Balaban J connectivity index is 1.60. The summed E-state index contributed by atoms with van der Waals surface area (Å²) in [6.45, 7) is 1.31. The van der Waals surface area contributed by atoms with Gasteiger partial charge in [0.1, 0.15) is 11.9 Å². The zero-order valence-electron chi connectivity index (χ0n) is 15.5. The van der Waals surface area contributed by atoms with Gasteiger partial charge in [0.05, 0.1) is 40.3 Å². The van der Waals surface area contributed by atoms with Crippen molar-refractivity contribution in [2.45, 2.75) is 12.5 Å². The van der Waals surface area contributed by atoms with Gasteiger partial charge in [0.2, 0.25) is 10.0 Å². The molecule has 0 spiro atoms. The van der Waals surface area contributed by atoms with Crippen molar-refractivity contribution in [3.63, 3.8) is 0 Å². The summed E-state index contributed by atoms with van der Waals surface area (Å²) in [6.07, 6.45) is 0.445. The molecule has 0 aromatic heterocycles. The lowest BCUT2D eigenvalue weighted by atomic mass is 10.1. The fourth-order valence-electron chi connectivity index (χ4n) is 3.19. The molecule has 2 aromatic carbocycles. The van der Waals surface area contributed by atoms with Crippen LogP contribution in [0.3, 0.4) is 0 Å². The van der Waals surface area contributed by atoms with Crippen LogP contribution in [-0.2, 0) is 14.8 Å². The van der Waals surface area contributed by atoms with Gasteiger partial charge in [0.15, 0.2) is 0 Å². The first-order valence-corrected chi connectivity index (χ1v) is 11.8. The van der Waals surface area contributed by atoms with Crippen LogP contribution in [-0.4, -0.2) is 45.9 Å². The smallest absolute Gasteiger partial charge is 0.257 e. The summed E-state index contributed by atoms with van der Waals surface area (Å²) in [4.78, 5) is 12.9. The standard InChI is InChI=1S/C19H17Cl3N2O5S/c20-11-4-12(6-14(5-11)29-15-9-28-10-15)23-19(25)16-7-13(8-17(21)18(16)22)24-2-1-3-30(24,26)27/h4-8,15H,1-3,9-10H2,(H,23,25). The molecule has 0 radical (unpaired) electrons.